The number of hydrogen-bond acceptors (Lipinski definition) is 4. The number of esters is 1. The van der Waals surface area contributed by atoms with Crippen molar-refractivity contribution < 1.29 is 48.8 Å². The minimum absolute atomic E-state index is 0. The fraction of sp³-hybridized carbons (Fsp3) is 0.700. The Hall–Kier alpha value is -0.967. The molecule has 3 atom stereocenters. The van der Waals surface area contributed by atoms with Crippen molar-refractivity contribution in [1.82, 2.24) is 0 Å². The normalized spacial score (nSPS) is 15.0. The number of aliphatic carboxylic acids is 2. The van der Waals surface area contributed by atoms with Crippen molar-refractivity contribution in [3.05, 3.63) is 0 Å². The molecule has 0 aliphatic rings. The van der Waals surface area contributed by atoms with Crippen molar-refractivity contribution in [3.8, 4) is 0 Å². The molecule has 0 aromatic heterocycles. The van der Waals surface area contributed by atoms with Crippen molar-refractivity contribution in [2.45, 2.75) is 33.3 Å². The van der Waals surface area contributed by atoms with Gasteiger partial charge in [0.1, 0.15) is 0 Å². The summed E-state index contributed by atoms with van der Waals surface area (Å²) in [5.41, 5.74) is 0. The van der Waals surface area contributed by atoms with Gasteiger partial charge in [-0.1, -0.05) is 6.92 Å². The van der Waals surface area contributed by atoms with Crippen LogP contribution >= 0.6 is 0 Å². The maximum absolute atomic E-state index is 10.9. The van der Waals surface area contributed by atoms with E-state index in [2.05, 4.69) is 0 Å². The number of carboxylic acids is 2. The molecule has 0 aliphatic heterocycles. The zero-order valence-corrected chi connectivity index (χ0v) is 13.1. The first-order valence-electron chi connectivity index (χ1n) is 4.88. The Morgan fingerprint density at radius 1 is 1.12 bits per heavy atom. The molecule has 17 heavy (non-hydrogen) atoms. The van der Waals surface area contributed by atoms with Crippen LogP contribution in [0.4, 0.5) is 0 Å². The molecule has 2 N–H and O–H groups in total. The van der Waals surface area contributed by atoms with Crippen LogP contribution in [0.2, 0.25) is 0 Å². The number of carboxylic acid groups (broad SMARTS) is 2. The first-order valence-corrected chi connectivity index (χ1v) is 4.88. The SMILES string of the molecule is CC(=O)OC(C)CC(C(=O)O)C(C)C(=O)O.[Zn]. The van der Waals surface area contributed by atoms with Crippen molar-refractivity contribution in [2.75, 3.05) is 0 Å². The summed E-state index contributed by atoms with van der Waals surface area (Å²) in [4.78, 5) is 32.2. The van der Waals surface area contributed by atoms with Gasteiger partial charge in [0, 0.05) is 26.4 Å². The maximum atomic E-state index is 10.9. The van der Waals surface area contributed by atoms with Gasteiger partial charge in [-0.25, -0.2) is 0 Å². The standard InChI is InChI=1S/C10H16O6.Zn/c1-5(16-7(3)11)4-8(10(14)15)6(2)9(12)13;/h5-6,8H,4H2,1-3H3,(H,12,13)(H,14,15);. The fourth-order valence-corrected chi connectivity index (χ4v) is 1.38. The van der Waals surface area contributed by atoms with Crippen LogP contribution in [0.3, 0.4) is 0 Å². The smallest absolute Gasteiger partial charge is 0.307 e. The molecular weight excluding hydrogens is 281 g/mol. The number of rotatable bonds is 6. The van der Waals surface area contributed by atoms with Crippen molar-refractivity contribution in [1.29, 1.82) is 0 Å². The van der Waals surface area contributed by atoms with E-state index in [1.54, 1.807) is 0 Å². The average molecular weight is 298 g/mol. The molecule has 0 saturated heterocycles. The summed E-state index contributed by atoms with van der Waals surface area (Å²) in [6.45, 7) is 4.07. The van der Waals surface area contributed by atoms with Crippen LogP contribution in [0.1, 0.15) is 27.2 Å². The van der Waals surface area contributed by atoms with Gasteiger partial charge < -0.3 is 14.9 Å². The second kappa shape index (κ2) is 8.17. The molecule has 0 fully saturated rings. The van der Waals surface area contributed by atoms with E-state index in [9.17, 15) is 14.4 Å². The Bertz CT molecular complexity index is 291. The van der Waals surface area contributed by atoms with E-state index in [1.165, 1.54) is 20.8 Å². The van der Waals surface area contributed by atoms with Crippen LogP contribution in [0.15, 0.2) is 0 Å². The Balaban J connectivity index is 0. The van der Waals surface area contributed by atoms with E-state index in [4.69, 9.17) is 14.9 Å². The largest absolute Gasteiger partial charge is 0.481 e. The van der Waals surface area contributed by atoms with Crippen LogP contribution in [0.5, 0.6) is 0 Å². The first kappa shape index (κ1) is 18.4. The minimum Gasteiger partial charge on any atom is -0.481 e. The number of carbonyl (C=O) groups excluding carboxylic acids is 1. The molecule has 0 bridgehead atoms. The van der Waals surface area contributed by atoms with E-state index < -0.39 is 35.8 Å². The van der Waals surface area contributed by atoms with Gasteiger partial charge in [-0.3, -0.25) is 14.4 Å². The zero-order chi connectivity index (χ0) is 12.9. The topological polar surface area (TPSA) is 101 Å². The fourth-order valence-electron chi connectivity index (χ4n) is 1.38. The Labute approximate surface area is 112 Å². The predicted octanol–water partition coefficient (Wildman–Crippen LogP) is 0.747. The van der Waals surface area contributed by atoms with Crippen LogP contribution in [-0.2, 0) is 38.6 Å². The predicted molar refractivity (Wildman–Crippen MR) is 53.8 cm³/mol. The van der Waals surface area contributed by atoms with Crippen LogP contribution < -0.4 is 0 Å². The van der Waals surface area contributed by atoms with Crippen molar-refractivity contribution in [3.63, 3.8) is 0 Å². The monoisotopic (exact) mass is 296 g/mol. The minimum atomic E-state index is -1.20. The van der Waals surface area contributed by atoms with Gasteiger partial charge in [0.25, 0.3) is 0 Å². The van der Waals surface area contributed by atoms with Gasteiger partial charge in [-0.05, 0) is 13.3 Å². The maximum Gasteiger partial charge on any atom is 0.307 e. The summed E-state index contributed by atoms with van der Waals surface area (Å²) in [5.74, 6) is -4.97. The molecule has 0 amide bonds. The molecule has 0 saturated carbocycles. The Morgan fingerprint density at radius 2 is 1.59 bits per heavy atom. The number of hydrogen-bond donors (Lipinski definition) is 2. The number of ether oxygens (including phenoxy) is 1. The van der Waals surface area contributed by atoms with Gasteiger partial charge in [0.2, 0.25) is 0 Å². The summed E-state index contributed by atoms with van der Waals surface area (Å²) in [6, 6.07) is 0. The summed E-state index contributed by atoms with van der Waals surface area (Å²) in [7, 11) is 0. The zero-order valence-electron chi connectivity index (χ0n) is 10.2. The molecule has 3 unspecified atom stereocenters. The van der Waals surface area contributed by atoms with Crippen molar-refractivity contribution in [2.24, 2.45) is 11.8 Å². The second-order valence-corrected chi connectivity index (χ2v) is 3.73. The van der Waals surface area contributed by atoms with Gasteiger partial charge in [0.15, 0.2) is 0 Å². The molecule has 0 spiro atoms. The molecule has 94 valence electrons. The van der Waals surface area contributed by atoms with E-state index in [0.717, 1.165) is 0 Å². The molecule has 0 radical (unpaired) electrons. The second-order valence-electron chi connectivity index (χ2n) is 3.73. The summed E-state index contributed by atoms with van der Waals surface area (Å²) in [6.07, 6.45) is -0.622. The van der Waals surface area contributed by atoms with Gasteiger partial charge >= 0.3 is 17.9 Å². The molecule has 0 rings (SSSR count). The molecule has 0 aromatic carbocycles. The van der Waals surface area contributed by atoms with Gasteiger partial charge in [-0.2, -0.15) is 0 Å². The summed E-state index contributed by atoms with van der Waals surface area (Å²) >= 11 is 0. The summed E-state index contributed by atoms with van der Waals surface area (Å²) in [5, 5.41) is 17.6. The van der Waals surface area contributed by atoms with Crippen LogP contribution in [0.25, 0.3) is 0 Å². The molecule has 0 heterocycles. The Morgan fingerprint density at radius 3 is 1.88 bits per heavy atom. The molecular formula is C10H16O6Zn. The third kappa shape index (κ3) is 7.05. The van der Waals surface area contributed by atoms with E-state index >= 15 is 0 Å². The van der Waals surface area contributed by atoms with E-state index in [-0.39, 0.29) is 25.9 Å². The molecule has 7 heteroatoms. The third-order valence-electron chi connectivity index (χ3n) is 2.26. The van der Waals surface area contributed by atoms with Gasteiger partial charge in [-0.15, -0.1) is 0 Å². The molecule has 6 nitrogen and oxygen atoms in total. The quantitative estimate of drug-likeness (QED) is 0.554. The molecule has 0 aromatic rings. The van der Waals surface area contributed by atoms with Crippen LogP contribution in [0, 0.1) is 11.8 Å². The first-order chi connectivity index (χ1) is 7.25. The van der Waals surface area contributed by atoms with Crippen LogP contribution in [-0.4, -0.2) is 34.2 Å². The Kier molecular flexibility index (Phi) is 8.85. The van der Waals surface area contributed by atoms with E-state index in [1.807, 2.05) is 0 Å². The third-order valence-corrected chi connectivity index (χ3v) is 2.26. The average Bonchev–Trinajstić information content (AvgIpc) is 2.11. The van der Waals surface area contributed by atoms with Crippen molar-refractivity contribution >= 4 is 17.9 Å². The molecule has 0 aliphatic carbocycles. The van der Waals surface area contributed by atoms with Gasteiger partial charge in [0.05, 0.1) is 17.9 Å². The number of carbonyl (C=O) groups is 3. The summed E-state index contributed by atoms with van der Waals surface area (Å²) < 4.78 is 4.77. The van der Waals surface area contributed by atoms with E-state index in [0.29, 0.717) is 0 Å².